The van der Waals surface area contributed by atoms with E-state index in [1.54, 1.807) is 0 Å². The average molecular weight is 226 g/mol. The topological polar surface area (TPSA) is 55.1 Å². The number of rotatable bonds is 2. The lowest BCUT2D eigenvalue weighted by Gasteiger charge is -2.37. The number of nitrogens with two attached hydrogens (primary N) is 1. The first-order valence-corrected chi connectivity index (χ1v) is 6.32. The van der Waals surface area contributed by atoms with Gasteiger partial charge in [0.2, 0.25) is 5.91 Å². The minimum Gasteiger partial charge on any atom is -0.350 e. The Bertz CT molecular complexity index is 249. The summed E-state index contributed by atoms with van der Waals surface area (Å²) in [6, 6.07) is -0.425. The molecule has 0 unspecified atom stereocenters. The third kappa shape index (κ3) is 3.48. The van der Waals surface area contributed by atoms with E-state index in [1.165, 1.54) is 19.3 Å². The van der Waals surface area contributed by atoms with Gasteiger partial charge < -0.3 is 11.1 Å². The molecule has 1 saturated carbocycles. The van der Waals surface area contributed by atoms with Gasteiger partial charge in [0.05, 0.1) is 6.04 Å². The van der Waals surface area contributed by atoms with Crippen molar-refractivity contribution in [2.45, 2.75) is 71.4 Å². The van der Waals surface area contributed by atoms with E-state index in [1.807, 2.05) is 20.8 Å². The maximum atomic E-state index is 12.0. The van der Waals surface area contributed by atoms with Gasteiger partial charge >= 0.3 is 0 Å². The molecule has 94 valence electrons. The Kier molecular flexibility index (Phi) is 4.00. The molecule has 1 amide bonds. The Morgan fingerprint density at radius 1 is 1.25 bits per heavy atom. The van der Waals surface area contributed by atoms with Crippen LogP contribution in [0.1, 0.15) is 59.8 Å². The van der Waals surface area contributed by atoms with Crippen LogP contribution in [0.25, 0.3) is 0 Å². The molecule has 1 atom stereocenters. The predicted molar refractivity (Wildman–Crippen MR) is 67.1 cm³/mol. The van der Waals surface area contributed by atoms with Gasteiger partial charge in [0.1, 0.15) is 0 Å². The van der Waals surface area contributed by atoms with E-state index in [0.29, 0.717) is 0 Å². The van der Waals surface area contributed by atoms with Crippen LogP contribution in [0.3, 0.4) is 0 Å². The Morgan fingerprint density at radius 3 is 2.19 bits per heavy atom. The number of hydrogen-bond donors (Lipinski definition) is 2. The smallest absolute Gasteiger partial charge is 0.237 e. The van der Waals surface area contributed by atoms with Crippen LogP contribution in [0.4, 0.5) is 0 Å². The normalized spacial score (nSPS) is 22.6. The summed E-state index contributed by atoms with van der Waals surface area (Å²) in [5, 5.41) is 3.14. The molecule has 0 spiro atoms. The molecule has 0 saturated heterocycles. The molecule has 0 aromatic carbocycles. The van der Waals surface area contributed by atoms with Crippen molar-refractivity contribution in [3.05, 3.63) is 0 Å². The van der Waals surface area contributed by atoms with Crippen molar-refractivity contribution in [3.63, 3.8) is 0 Å². The summed E-state index contributed by atoms with van der Waals surface area (Å²) in [6.07, 6.45) is 5.87. The summed E-state index contributed by atoms with van der Waals surface area (Å²) in [5.74, 6) is -0.00287. The molecule has 1 aliphatic rings. The second-order valence-electron chi connectivity index (χ2n) is 6.45. The predicted octanol–water partition coefficient (Wildman–Crippen LogP) is 2.20. The van der Waals surface area contributed by atoms with Crippen LogP contribution in [0.2, 0.25) is 0 Å². The fourth-order valence-corrected chi connectivity index (χ4v) is 2.23. The van der Waals surface area contributed by atoms with Crippen molar-refractivity contribution < 1.29 is 4.79 Å². The van der Waals surface area contributed by atoms with Crippen LogP contribution >= 0.6 is 0 Å². The Balaban J connectivity index is 2.56. The maximum absolute atomic E-state index is 12.0. The minimum atomic E-state index is -0.425. The van der Waals surface area contributed by atoms with E-state index >= 15 is 0 Å². The molecule has 3 heteroatoms. The molecule has 1 rings (SSSR count). The van der Waals surface area contributed by atoms with Gasteiger partial charge in [0, 0.05) is 5.54 Å². The molecular formula is C13H26N2O. The summed E-state index contributed by atoms with van der Waals surface area (Å²) in [5.41, 5.74) is 5.76. The van der Waals surface area contributed by atoms with Crippen molar-refractivity contribution in [2.75, 3.05) is 0 Å². The molecule has 1 fully saturated rings. The fourth-order valence-electron chi connectivity index (χ4n) is 2.23. The number of carbonyl (C=O) groups excluding carboxylic acids is 1. The van der Waals surface area contributed by atoms with E-state index in [0.717, 1.165) is 12.8 Å². The standard InChI is InChI=1S/C13H26N2O/c1-12(2,3)10(14)11(16)15-13(4)8-6-5-7-9-13/h10H,5-9,14H2,1-4H3,(H,15,16)/t10-/m0/s1. The Labute approximate surface area is 99.2 Å². The Hall–Kier alpha value is -0.570. The summed E-state index contributed by atoms with van der Waals surface area (Å²) < 4.78 is 0. The quantitative estimate of drug-likeness (QED) is 0.758. The first kappa shape index (κ1) is 13.5. The van der Waals surface area contributed by atoms with Gasteiger partial charge in [0.15, 0.2) is 0 Å². The van der Waals surface area contributed by atoms with Gasteiger partial charge in [-0.1, -0.05) is 40.0 Å². The molecule has 0 aromatic heterocycles. The monoisotopic (exact) mass is 226 g/mol. The van der Waals surface area contributed by atoms with E-state index in [9.17, 15) is 4.79 Å². The highest BCUT2D eigenvalue weighted by atomic mass is 16.2. The summed E-state index contributed by atoms with van der Waals surface area (Å²) in [4.78, 5) is 12.0. The molecule has 16 heavy (non-hydrogen) atoms. The maximum Gasteiger partial charge on any atom is 0.237 e. The summed E-state index contributed by atoms with van der Waals surface area (Å²) in [6.45, 7) is 8.14. The zero-order valence-corrected chi connectivity index (χ0v) is 11.1. The highest BCUT2D eigenvalue weighted by Crippen LogP contribution is 2.28. The van der Waals surface area contributed by atoms with Crippen LogP contribution in [-0.2, 0) is 4.79 Å². The molecule has 0 aliphatic heterocycles. The second kappa shape index (κ2) is 4.74. The first-order valence-electron chi connectivity index (χ1n) is 6.32. The zero-order chi connectivity index (χ0) is 12.4. The number of nitrogens with one attached hydrogen (secondary N) is 1. The molecule has 0 heterocycles. The summed E-state index contributed by atoms with van der Waals surface area (Å²) in [7, 11) is 0. The van der Waals surface area contributed by atoms with Crippen molar-refractivity contribution in [2.24, 2.45) is 11.1 Å². The number of carbonyl (C=O) groups is 1. The highest BCUT2D eigenvalue weighted by Gasteiger charge is 2.33. The lowest BCUT2D eigenvalue weighted by atomic mass is 9.81. The largest absolute Gasteiger partial charge is 0.350 e. The first-order chi connectivity index (χ1) is 7.25. The van der Waals surface area contributed by atoms with Crippen LogP contribution in [0, 0.1) is 5.41 Å². The van der Waals surface area contributed by atoms with Gasteiger partial charge in [-0.2, -0.15) is 0 Å². The van der Waals surface area contributed by atoms with Gasteiger partial charge in [-0.05, 0) is 25.2 Å². The molecule has 0 bridgehead atoms. The lowest BCUT2D eigenvalue weighted by molar-refractivity contribution is -0.126. The molecule has 0 radical (unpaired) electrons. The molecule has 3 nitrogen and oxygen atoms in total. The second-order valence-corrected chi connectivity index (χ2v) is 6.45. The van der Waals surface area contributed by atoms with Crippen molar-refractivity contribution in [1.82, 2.24) is 5.32 Å². The van der Waals surface area contributed by atoms with Crippen LogP contribution < -0.4 is 11.1 Å². The third-order valence-electron chi connectivity index (χ3n) is 3.60. The highest BCUT2D eigenvalue weighted by molar-refractivity contribution is 5.83. The average Bonchev–Trinajstić information content (AvgIpc) is 2.15. The van der Waals surface area contributed by atoms with Crippen LogP contribution in [0.15, 0.2) is 0 Å². The van der Waals surface area contributed by atoms with Crippen molar-refractivity contribution in [3.8, 4) is 0 Å². The van der Waals surface area contributed by atoms with E-state index in [-0.39, 0.29) is 16.9 Å². The number of amides is 1. The number of hydrogen-bond acceptors (Lipinski definition) is 2. The summed E-state index contributed by atoms with van der Waals surface area (Å²) >= 11 is 0. The van der Waals surface area contributed by atoms with Crippen LogP contribution in [0.5, 0.6) is 0 Å². The minimum absolute atomic E-state index is 0.00287. The third-order valence-corrected chi connectivity index (χ3v) is 3.60. The molecule has 1 aliphatic carbocycles. The SMILES string of the molecule is CC1(NC(=O)[C@H](N)C(C)(C)C)CCCCC1. The van der Waals surface area contributed by atoms with Gasteiger partial charge in [-0.25, -0.2) is 0 Å². The van der Waals surface area contributed by atoms with E-state index < -0.39 is 6.04 Å². The van der Waals surface area contributed by atoms with Crippen molar-refractivity contribution in [1.29, 1.82) is 0 Å². The van der Waals surface area contributed by atoms with E-state index in [4.69, 9.17) is 5.73 Å². The molecule has 3 N–H and O–H groups in total. The molecule has 0 aromatic rings. The molecular weight excluding hydrogens is 200 g/mol. The zero-order valence-electron chi connectivity index (χ0n) is 11.1. The van der Waals surface area contributed by atoms with Gasteiger partial charge in [-0.15, -0.1) is 0 Å². The lowest BCUT2D eigenvalue weighted by Crippen LogP contribution is -2.56. The Morgan fingerprint density at radius 2 is 1.75 bits per heavy atom. The van der Waals surface area contributed by atoms with Gasteiger partial charge in [0.25, 0.3) is 0 Å². The van der Waals surface area contributed by atoms with Crippen LogP contribution in [-0.4, -0.2) is 17.5 Å². The van der Waals surface area contributed by atoms with Crippen molar-refractivity contribution >= 4 is 5.91 Å². The van der Waals surface area contributed by atoms with E-state index in [2.05, 4.69) is 12.2 Å². The van der Waals surface area contributed by atoms with Gasteiger partial charge in [-0.3, -0.25) is 4.79 Å². The fraction of sp³-hybridized carbons (Fsp3) is 0.923.